The Morgan fingerprint density at radius 2 is 1.57 bits per heavy atom. The number of benzene rings is 4. The topological polar surface area (TPSA) is 88.4 Å². The highest BCUT2D eigenvalue weighted by Crippen LogP contribution is 2.39. The van der Waals surface area contributed by atoms with Crippen molar-refractivity contribution in [2.45, 2.75) is 19.4 Å². The Labute approximate surface area is 241 Å². The molecule has 0 radical (unpaired) electrons. The van der Waals surface area contributed by atoms with Gasteiger partial charge >= 0.3 is 0 Å². The Bertz CT molecular complexity index is 1740. The molecule has 8 heteroatoms. The van der Waals surface area contributed by atoms with E-state index in [9.17, 15) is 17.0 Å². The molecule has 2 amide bonds. The minimum absolute atomic E-state index is 0.247. The van der Waals surface area contributed by atoms with Gasteiger partial charge in [-0.25, -0.2) is 4.39 Å². The van der Waals surface area contributed by atoms with Gasteiger partial charge in [-0.15, -0.1) is 0 Å². The van der Waals surface area contributed by atoms with Crippen molar-refractivity contribution in [3.8, 4) is 22.5 Å². The largest absolute Gasteiger partial charge is 0.455 e. The van der Waals surface area contributed by atoms with E-state index >= 15 is 0 Å². The van der Waals surface area contributed by atoms with Gasteiger partial charge in [0, 0.05) is 23.6 Å². The summed E-state index contributed by atoms with van der Waals surface area (Å²) in [6.45, 7) is 3.88. The Morgan fingerprint density at radius 1 is 0.850 bits per heavy atom. The van der Waals surface area contributed by atoms with Crippen molar-refractivity contribution in [2.75, 3.05) is 7.05 Å². The van der Waals surface area contributed by atoms with Crippen LogP contribution in [0.4, 0.5) is 4.39 Å². The third-order valence-electron chi connectivity index (χ3n) is 6.78. The lowest BCUT2D eigenvalue weighted by molar-refractivity contribution is 0.0910. The minimum atomic E-state index is -1.63. The van der Waals surface area contributed by atoms with Gasteiger partial charge in [-0.3, -0.25) is 12.7 Å². The number of carbonyl (C=O) groups is 2. The molecule has 1 aromatic heterocycles. The van der Waals surface area contributed by atoms with Crippen molar-refractivity contribution < 1.29 is 21.5 Å². The molecule has 5 rings (SSSR count). The predicted octanol–water partition coefficient (Wildman–Crippen LogP) is 7.42. The van der Waals surface area contributed by atoms with E-state index in [0.717, 1.165) is 5.56 Å². The van der Waals surface area contributed by atoms with E-state index in [0.29, 0.717) is 42.4 Å². The summed E-state index contributed by atoms with van der Waals surface area (Å²) in [6.07, 6.45) is 0. The fourth-order valence-electron chi connectivity index (χ4n) is 4.67. The van der Waals surface area contributed by atoms with Gasteiger partial charge in [-0.2, -0.15) is 0 Å². The molecule has 0 atom stereocenters. The molecular formula is C32H26FIN2O4. The molecule has 0 saturated heterocycles. The van der Waals surface area contributed by atoms with Crippen LogP contribution in [0, 0.1) is 9.39 Å². The second-order valence-electron chi connectivity index (χ2n) is 9.82. The average Bonchev–Trinajstić information content (AvgIpc) is 3.35. The van der Waals surface area contributed by atoms with Crippen LogP contribution >= 0.6 is 21.2 Å². The number of furan rings is 1. The van der Waals surface area contributed by atoms with E-state index in [4.69, 9.17) is 4.42 Å². The standard InChI is InChI=1S/C32H26FIN2O4/c1-32(2,22-10-5-4-6-11-22)36-30(37)21-9-7-8-20(16-21)24-17-25-27(18-26(24)34-39)40-29(28(25)31(38)35-3)19-12-14-23(33)15-13-19/h4-18H,1-3H3,(H,35,38)(H,36,37). The first-order valence-corrected chi connectivity index (χ1v) is 14.5. The van der Waals surface area contributed by atoms with Gasteiger partial charge in [-0.1, -0.05) is 42.5 Å². The summed E-state index contributed by atoms with van der Waals surface area (Å²) in [5.74, 6) is -0.732. The van der Waals surface area contributed by atoms with Crippen molar-refractivity contribution in [1.29, 1.82) is 0 Å². The summed E-state index contributed by atoms with van der Waals surface area (Å²) in [6, 6.07) is 25.9. The SMILES string of the molecule is CNC(=O)c1c(-c2ccc(F)cc2)oc2cc(I=O)c(-c3cccc(C(=O)NC(C)(C)c4ccccc4)c3)cc12. The maximum absolute atomic E-state index is 13.6. The van der Waals surface area contributed by atoms with E-state index in [1.54, 1.807) is 42.5 Å². The molecular weight excluding hydrogens is 622 g/mol. The highest BCUT2D eigenvalue weighted by Gasteiger charge is 2.25. The van der Waals surface area contributed by atoms with Crippen LogP contribution in [0.2, 0.25) is 0 Å². The summed E-state index contributed by atoms with van der Waals surface area (Å²) < 4.78 is 32.6. The maximum atomic E-state index is 13.6. The van der Waals surface area contributed by atoms with Crippen molar-refractivity contribution in [3.63, 3.8) is 0 Å². The first kappa shape index (κ1) is 27.4. The van der Waals surface area contributed by atoms with Gasteiger partial charge < -0.3 is 15.1 Å². The van der Waals surface area contributed by atoms with Crippen molar-refractivity contribution >= 4 is 44.0 Å². The van der Waals surface area contributed by atoms with Crippen LogP contribution in [-0.4, -0.2) is 18.9 Å². The summed E-state index contributed by atoms with van der Waals surface area (Å²) >= 11 is -1.63. The molecule has 0 saturated carbocycles. The van der Waals surface area contributed by atoms with Crippen LogP contribution in [0.15, 0.2) is 95.4 Å². The van der Waals surface area contributed by atoms with Gasteiger partial charge in [0.2, 0.25) is 0 Å². The number of nitrogens with one attached hydrogen (secondary N) is 2. The number of rotatable bonds is 7. The maximum Gasteiger partial charge on any atom is 0.255 e. The molecule has 202 valence electrons. The molecule has 6 nitrogen and oxygen atoms in total. The second-order valence-corrected chi connectivity index (χ2v) is 11.4. The van der Waals surface area contributed by atoms with E-state index in [2.05, 4.69) is 10.6 Å². The Morgan fingerprint density at radius 3 is 2.25 bits per heavy atom. The van der Waals surface area contributed by atoms with Gasteiger partial charge in [0.1, 0.15) is 17.2 Å². The molecule has 0 spiro atoms. The quantitative estimate of drug-likeness (QED) is 0.180. The Balaban J connectivity index is 1.59. The smallest absolute Gasteiger partial charge is 0.255 e. The zero-order valence-electron chi connectivity index (χ0n) is 22.0. The summed E-state index contributed by atoms with van der Waals surface area (Å²) in [5.41, 5.74) is 3.37. The van der Waals surface area contributed by atoms with Crippen LogP contribution in [0.1, 0.15) is 40.1 Å². The predicted molar refractivity (Wildman–Crippen MR) is 161 cm³/mol. The monoisotopic (exact) mass is 648 g/mol. The zero-order chi connectivity index (χ0) is 28.4. The molecule has 5 aromatic rings. The van der Waals surface area contributed by atoms with Crippen LogP contribution in [0.25, 0.3) is 33.4 Å². The summed E-state index contributed by atoms with van der Waals surface area (Å²) in [5, 5.41) is 6.26. The fourth-order valence-corrected chi connectivity index (χ4v) is 5.78. The number of hydrogen-bond acceptors (Lipinski definition) is 4. The summed E-state index contributed by atoms with van der Waals surface area (Å²) in [4.78, 5) is 26.3. The average molecular weight is 648 g/mol. The van der Waals surface area contributed by atoms with Gasteiger partial charge in [-0.05, 0) is 79.1 Å². The molecule has 0 aliphatic heterocycles. The highest BCUT2D eigenvalue weighted by molar-refractivity contribution is 14.1. The lowest BCUT2D eigenvalue weighted by Gasteiger charge is -2.27. The van der Waals surface area contributed by atoms with Gasteiger partial charge in [0.15, 0.2) is 21.2 Å². The van der Waals surface area contributed by atoms with Crippen LogP contribution in [0.5, 0.6) is 0 Å². The third kappa shape index (κ3) is 5.31. The minimum Gasteiger partial charge on any atom is -0.455 e. The lowest BCUT2D eigenvalue weighted by atomic mass is 9.93. The Hall–Kier alpha value is -4.18. The van der Waals surface area contributed by atoms with Crippen LogP contribution in [0.3, 0.4) is 0 Å². The van der Waals surface area contributed by atoms with Gasteiger partial charge in [0.25, 0.3) is 11.8 Å². The zero-order valence-corrected chi connectivity index (χ0v) is 24.2. The number of halogens is 2. The van der Waals surface area contributed by atoms with E-state index in [-0.39, 0.29) is 17.6 Å². The normalized spacial score (nSPS) is 11.4. The van der Waals surface area contributed by atoms with Crippen molar-refractivity contribution in [2.24, 2.45) is 0 Å². The van der Waals surface area contributed by atoms with Crippen molar-refractivity contribution in [1.82, 2.24) is 10.6 Å². The fraction of sp³-hybridized carbons (Fsp3) is 0.125. The molecule has 1 heterocycles. The number of carbonyl (C=O) groups excluding carboxylic acids is 2. The van der Waals surface area contributed by atoms with Crippen LogP contribution < -0.4 is 10.6 Å². The molecule has 40 heavy (non-hydrogen) atoms. The van der Waals surface area contributed by atoms with Crippen LogP contribution in [-0.2, 0) is 8.61 Å². The second kappa shape index (κ2) is 11.1. The van der Waals surface area contributed by atoms with Gasteiger partial charge in [0.05, 0.1) is 14.7 Å². The molecule has 0 aliphatic rings. The lowest BCUT2D eigenvalue weighted by Crippen LogP contribution is -2.40. The van der Waals surface area contributed by atoms with Crippen molar-refractivity contribution in [3.05, 3.63) is 117 Å². The molecule has 4 aromatic carbocycles. The number of fused-ring (bicyclic) bond motifs is 1. The highest BCUT2D eigenvalue weighted by atomic mass is 127. The number of amides is 2. The molecule has 2 N–H and O–H groups in total. The molecule has 0 bridgehead atoms. The van der Waals surface area contributed by atoms with E-state index < -0.39 is 32.5 Å². The third-order valence-corrected chi connectivity index (χ3v) is 8.15. The number of hydrogen-bond donors (Lipinski definition) is 2. The van der Waals surface area contributed by atoms with E-state index in [1.807, 2.05) is 50.2 Å². The first-order valence-electron chi connectivity index (χ1n) is 12.6. The molecule has 0 aliphatic carbocycles. The summed E-state index contributed by atoms with van der Waals surface area (Å²) in [7, 11) is 1.52. The first-order chi connectivity index (χ1) is 19.2. The molecule has 0 fully saturated rings. The van der Waals surface area contributed by atoms with E-state index in [1.165, 1.54) is 19.2 Å². The Kier molecular flexibility index (Phi) is 7.62. The molecule has 0 unspecified atom stereocenters.